The molecular formula is C21H39BrN2. The SMILES string of the molecule is CCCCC[C@@H]1C[C@@H]2CC[C@H](CCC)[N+]2=C2CC[C@H](CCC)N21.[Br-]. The van der Waals surface area contributed by atoms with Gasteiger partial charge in [-0.1, -0.05) is 46.5 Å². The second-order valence-electron chi connectivity index (χ2n) is 8.27. The molecule has 0 spiro atoms. The highest BCUT2D eigenvalue weighted by atomic mass is 79.9. The third-order valence-electron chi connectivity index (χ3n) is 6.63. The molecule has 3 aliphatic heterocycles. The summed E-state index contributed by atoms with van der Waals surface area (Å²) >= 11 is 0. The van der Waals surface area contributed by atoms with Crippen molar-refractivity contribution in [2.75, 3.05) is 0 Å². The Kier molecular flexibility index (Phi) is 8.10. The molecule has 3 aliphatic rings. The largest absolute Gasteiger partial charge is 1.00 e. The molecular weight excluding hydrogens is 360 g/mol. The molecule has 3 heteroatoms. The van der Waals surface area contributed by atoms with Gasteiger partial charge in [0.1, 0.15) is 6.04 Å². The van der Waals surface area contributed by atoms with Crippen LogP contribution in [0.4, 0.5) is 0 Å². The van der Waals surface area contributed by atoms with Crippen LogP contribution < -0.4 is 17.0 Å². The van der Waals surface area contributed by atoms with E-state index < -0.39 is 0 Å². The van der Waals surface area contributed by atoms with E-state index in [9.17, 15) is 0 Å². The van der Waals surface area contributed by atoms with Gasteiger partial charge < -0.3 is 17.0 Å². The lowest BCUT2D eigenvalue weighted by Gasteiger charge is -2.37. The number of unbranched alkanes of at least 4 members (excludes halogenated alkanes) is 2. The first-order valence-electron chi connectivity index (χ1n) is 10.7. The second-order valence-corrected chi connectivity index (χ2v) is 8.27. The molecule has 2 saturated heterocycles. The van der Waals surface area contributed by atoms with Gasteiger partial charge in [-0.25, -0.2) is 0 Å². The minimum atomic E-state index is 0. The molecule has 3 heterocycles. The van der Waals surface area contributed by atoms with Gasteiger partial charge in [-0.3, -0.25) is 9.48 Å². The molecule has 0 aromatic heterocycles. The van der Waals surface area contributed by atoms with Crippen molar-refractivity contribution in [1.82, 2.24) is 4.90 Å². The Morgan fingerprint density at radius 1 is 0.875 bits per heavy atom. The zero-order valence-corrected chi connectivity index (χ0v) is 17.9. The number of nitrogens with zero attached hydrogens (tertiary/aromatic N) is 2. The van der Waals surface area contributed by atoms with Crippen molar-refractivity contribution in [1.29, 1.82) is 0 Å². The van der Waals surface area contributed by atoms with Crippen LogP contribution in [0.1, 0.15) is 104 Å². The Bertz CT molecular complexity index is 420. The zero-order chi connectivity index (χ0) is 16.2. The van der Waals surface area contributed by atoms with Gasteiger partial charge in [0.15, 0.2) is 0 Å². The van der Waals surface area contributed by atoms with E-state index in [1.54, 1.807) is 5.84 Å². The Labute approximate surface area is 160 Å². The smallest absolute Gasteiger partial charge is 0.247 e. The summed E-state index contributed by atoms with van der Waals surface area (Å²) in [7, 11) is 0. The molecule has 0 N–H and O–H groups in total. The van der Waals surface area contributed by atoms with Crippen LogP contribution in [0.5, 0.6) is 0 Å². The van der Waals surface area contributed by atoms with Crippen LogP contribution in [0.25, 0.3) is 0 Å². The summed E-state index contributed by atoms with van der Waals surface area (Å²) < 4.78 is 2.93. The van der Waals surface area contributed by atoms with Crippen molar-refractivity contribution in [3.05, 3.63) is 0 Å². The minimum Gasteiger partial charge on any atom is -1.00 e. The highest BCUT2D eigenvalue weighted by molar-refractivity contribution is 5.81. The third-order valence-corrected chi connectivity index (χ3v) is 6.63. The average Bonchev–Trinajstić information content (AvgIpc) is 3.13. The van der Waals surface area contributed by atoms with Crippen LogP contribution in [0.2, 0.25) is 0 Å². The van der Waals surface area contributed by atoms with Crippen LogP contribution >= 0.6 is 0 Å². The van der Waals surface area contributed by atoms with Gasteiger partial charge in [0.25, 0.3) is 0 Å². The van der Waals surface area contributed by atoms with Crippen molar-refractivity contribution in [3.63, 3.8) is 0 Å². The molecule has 2 fully saturated rings. The summed E-state index contributed by atoms with van der Waals surface area (Å²) in [6.45, 7) is 7.07. The fourth-order valence-corrected chi connectivity index (χ4v) is 5.71. The molecule has 3 rings (SSSR count). The first kappa shape index (κ1) is 20.3. The van der Waals surface area contributed by atoms with Crippen molar-refractivity contribution < 1.29 is 21.6 Å². The molecule has 0 aromatic rings. The summed E-state index contributed by atoms with van der Waals surface area (Å²) in [4.78, 5) is 2.95. The molecule has 0 saturated carbocycles. The van der Waals surface area contributed by atoms with E-state index in [1.807, 2.05) is 0 Å². The van der Waals surface area contributed by atoms with Crippen LogP contribution in [0, 0.1) is 0 Å². The van der Waals surface area contributed by atoms with E-state index in [2.05, 4.69) is 30.2 Å². The van der Waals surface area contributed by atoms with Gasteiger partial charge in [-0.2, -0.15) is 0 Å². The average molecular weight is 399 g/mol. The van der Waals surface area contributed by atoms with Gasteiger partial charge in [-0.05, 0) is 44.9 Å². The van der Waals surface area contributed by atoms with Crippen molar-refractivity contribution in [2.45, 2.75) is 128 Å². The lowest BCUT2D eigenvalue weighted by Crippen LogP contribution is -3.00. The lowest BCUT2D eigenvalue weighted by atomic mass is 9.95. The molecule has 24 heavy (non-hydrogen) atoms. The Morgan fingerprint density at radius 2 is 1.67 bits per heavy atom. The summed E-state index contributed by atoms with van der Waals surface area (Å²) in [6, 6.07) is 3.45. The topological polar surface area (TPSA) is 6.25 Å². The highest BCUT2D eigenvalue weighted by Crippen LogP contribution is 2.39. The zero-order valence-electron chi connectivity index (χ0n) is 16.3. The molecule has 0 bridgehead atoms. The highest BCUT2D eigenvalue weighted by Gasteiger charge is 2.50. The van der Waals surface area contributed by atoms with Crippen LogP contribution in [0.15, 0.2) is 0 Å². The molecule has 0 aromatic carbocycles. The fourth-order valence-electron chi connectivity index (χ4n) is 5.71. The number of hydrogen-bond acceptors (Lipinski definition) is 1. The first-order valence-corrected chi connectivity index (χ1v) is 10.7. The molecule has 0 radical (unpaired) electrons. The third kappa shape index (κ3) is 4.02. The predicted octanol–water partition coefficient (Wildman–Crippen LogP) is 2.35. The van der Waals surface area contributed by atoms with Crippen molar-refractivity contribution in [2.24, 2.45) is 0 Å². The number of amidine groups is 1. The standard InChI is InChI=1S/C21H39N2.BrH/c1-4-7-8-11-19-16-20-13-12-17(9-5-2)23(20)21-15-14-18(10-6-3)22(19)21;/h17-20H,4-16H2,1-3H3;1H/q+1;/p-1/t17-,18-,19+,20-;/m0./s1. The van der Waals surface area contributed by atoms with E-state index in [0.717, 1.165) is 24.2 Å². The number of rotatable bonds is 8. The number of fused-ring (bicyclic) bond motifs is 2. The molecule has 0 aliphatic carbocycles. The number of hydrogen-bond donors (Lipinski definition) is 0. The Morgan fingerprint density at radius 3 is 2.38 bits per heavy atom. The van der Waals surface area contributed by atoms with Crippen LogP contribution in [-0.2, 0) is 0 Å². The summed E-state index contributed by atoms with van der Waals surface area (Å²) in [5.74, 6) is 1.78. The molecule has 0 amide bonds. The maximum absolute atomic E-state index is 2.95. The Hall–Kier alpha value is -0.0500. The fraction of sp³-hybridized carbons (Fsp3) is 0.952. The van der Waals surface area contributed by atoms with Gasteiger partial charge in [0, 0.05) is 6.42 Å². The van der Waals surface area contributed by atoms with E-state index in [0.29, 0.717) is 0 Å². The Balaban J connectivity index is 0.00000208. The van der Waals surface area contributed by atoms with Crippen LogP contribution in [0.3, 0.4) is 0 Å². The van der Waals surface area contributed by atoms with Crippen LogP contribution in [-0.4, -0.2) is 39.5 Å². The maximum atomic E-state index is 2.95. The summed E-state index contributed by atoms with van der Waals surface area (Å²) in [5.41, 5.74) is 0. The van der Waals surface area contributed by atoms with Gasteiger partial charge in [0.05, 0.1) is 24.5 Å². The van der Waals surface area contributed by atoms with E-state index in [-0.39, 0.29) is 17.0 Å². The monoisotopic (exact) mass is 398 g/mol. The van der Waals surface area contributed by atoms with E-state index in [4.69, 9.17) is 0 Å². The normalized spacial score (nSPS) is 31.9. The lowest BCUT2D eigenvalue weighted by molar-refractivity contribution is -0.591. The number of halogens is 1. The minimum absolute atomic E-state index is 0. The molecule has 140 valence electrons. The van der Waals surface area contributed by atoms with Gasteiger partial charge >= 0.3 is 0 Å². The van der Waals surface area contributed by atoms with Gasteiger partial charge in [-0.15, -0.1) is 0 Å². The molecule has 0 unspecified atom stereocenters. The predicted molar refractivity (Wildman–Crippen MR) is 99.3 cm³/mol. The summed E-state index contributed by atoms with van der Waals surface area (Å²) in [5, 5.41) is 0. The maximum Gasteiger partial charge on any atom is 0.247 e. The molecule has 4 atom stereocenters. The van der Waals surface area contributed by atoms with Crippen molar-refractivity contribution in [3.8, 4) is 0 Å². The summed E-state index contributed by atoms with van der Waals surface area (Å²) in [6.07, 6.45) is 18.3. The van der Waals surface area contributed by atoms with E-state index >= 15 is 0 Å². The second kappa shape index (κ2) is 9.59. The quantitative estimate of drug-likeness (QED) is 0.449. The van der Waals surface area contributed by atoms with E-state index in [1.165, 1.54) is 83.5 Å². The van der Waals surface area contributed by atoms with Gasteiger partial charge in [0.2, 0.25) is 5.84 Å². The van der Waals surface area contributed by atoms with Crippen molar-refractivity contribution >= 4 is 5.84 Å². The molecule has 2 nitrogen and oxygen atoms in total. The first-order chi connectivity index (χ1) is 11.3.